The zero-order valence-electron chi connectivity index (χ0n) is 15.6. The van der Waals surface area contributed by atoms with Crippen molar-refractivity contribution in [3.63, 3.8) is 0 Å². The van der Waals surface area contributed by atoms with Crippen molar-refractivity contribution in [1.29, 1.82) is 0 Å². The fraction of sp³-hybridized carbons (Fsp3) is 0.579. The first-order valence-electron chi connectivity index (χ1n) is 8.80. The molecule has 6 nitrogen and oxygen atoms in total. The maximum absolute atomic E-state index is 13.0. The maximum Gasteiger partial charge on any atom is 0.410 e. The van der Waals surface area contributed by atoms with Crippen molar-refractivity contribution in [1.82, 2.24) is 4.90 Å². The minimum atomic E-state index is -0.511. The van der Waals surface area contributed by atoms with E-state index in [2.05, 4.69) is 0 Å². The van der Waals surface area contributed by atoms with Gasteiger partial charge in [0, 0.05) is 24.7 Å². The molecule has 1 fully saturated rings. The Labute approximate surface area is 149 Å². The van der Waals surface area contributed by atoms with Crippen LogP contribution in [-0.2, 0) is 9.53 Å². The molecule has 1 unspecified atom stereocenters. The van der Waals surface area contributed by atoms with Gasteiger partial charge in [0.1, 0.15) is 5.60 Å². The van der Waals surface area contributed by atoms with Gasteiger partial charge in [0.25, 0.3) is 0 Å². The summed E-state index contributed by atoms with van der Waals surface area (Å²) in [5.74, 6) is -0.116. The van der Waals surface area contributed by atoms with Gasteiger partial charge in [-0.05, 0) is 52.7 Å². The molecule has 0 spiro atoms. The van der Waals surface area contributed by atoms with Crippen molar-refractivity contribution in [3.8, 4) is 0 Å². The summed E-state index contributed by atoms with van der Waals surface area (Å²) in [6.45, 7) is 8.39. The Hall–Kier alpha value is -2.08. The highest BCUT2D eigenvalue weighted by Gasteiger charge is 2.33. The summed E-state index contributed by atoms with van der Waals surface area (Å²) in [5.41, 5.74) is 6.33. The Morgan fingerprint density at radius 3 is 2.24 bits per heavy atom. The van der Waals surface area contributed by atoms with E-state index in [0.29, 0.717) is 25.9 Å². The third-order valence-corrected chi connectivity index (χ3v) is 4.17. The van der Waals surface area contributed by atoms with E-state index in [-0.39, 0.29) is 17.9 Å². The van der Waals surface area contributed by atoms with Crippen LogP contribution in [0.2, 0.25) is 0 Å². The third kappa shape index (κ3) is 5.19. The van der Waals surface area contributed by atoms with Crippen molar-refractivity contribution in [2.24, 2.45) is 11.7 Å². The molecular weight excluding hydrogens is 318 g/mol. The summed E-state index contributed by atoms with van der Waals surface area (Å²) in [4.78, 5) is 28.4. The number of hydrogen-bond donors (Lipinski definition) is 1. The number of benzene rings is 1. The minimum absolute atomic E-state index is 0.0186. The fourth-order valence-electron chi connectivity index (χ4n) is 2.98. The third-order valence-electron chi connectivity index (χ3n) is 4.17. The van der Waals surface area contributed by atoms with Gasteiger partial charge < -0.3 is 15.4 Å². The van der Waals surface area contributed by atoms with Crippen molar-refractivity contribution in [2.45, 2.75) is 52.3 Å². The standard InChI is InChI=1S/C19H29N3O3/c1-14(20)22(16-8-6-5-7-9-16)17(23)15-10-12-21(13-11-15)18(24)25-19(2,3)4/h5-9,14-15H,10-13,20H2,1-4H3. The van der Waals surface area contributed by atoms with Crippen LogP contribution in [0.1, 0.15) is 40.5 Å². The molecular formula is C19H29N3O3. The van der Waals surface area contributed by atoms with Gasteiger partial charge in [-0.15, -0.1) is 0 Å². The number of ether oxygens (including phenoxy) is 1. The summed E-state index contributed by atoms with van der Waals surface area (Å²) < 4.78 is 5.40. The van der Waals surface area contributed by atoms with Gasteiger partial charge in [-0.3, -0.25) is 9.69 Å². The smallest absolute Gasteiger partial charge is 0.410 e. The number of para-hydroxylation sites is 1. The molecule has 25 heavy (non-hydrogen) atoms. The lowest BCUT2D eigenvalue weighted by Gasteiger charge is -2.36. The number of rotatable bonds is 3. The number of likely N-dealkylation sites (tertiary alicyclic amines) is 1. The van der Waals surface area contributed by atoms with E-state index >= 15 is 0 Å². The Balaban J connectivity index is 1.99. The van der Waals surface area contributed by atoms with Gasteiger partial charge in [0.2, 0.25) is 5.91 Å². The van der Waals surface area contributed by atoms with E-state index < -0.39 is 11.8 Å². The van der Waals surface area contributed by atoms with E-state index in [9.17, 15) is 9.59 Å². The van der Waals surface area contributed by atoms with Gasteiger partial charge >= 0.3 is 6.09 Å². The van der Waals surface area contributed by atoms with E-state index in [1.54, 1.807) is 16.7 Å². The Morgan fingerprint density at radius 2 is 1.76 bits per heavy atom. The molecule has 0 radical (unpaired) electrons. The lowest BCUT2D eigenvalue weighted by Crippen LogP contribution is -2.50. The van der Waals surface area contributed by atoms with Crippen molar-refractivity contribution in [3.05, 3.63) is 30.3 Å². The number of anilines is 1. The molecule has 0 saturated carbocycles. The van der Waals surface area contributed by atoms with Crippen LogP contribution in [-0.4, -0.2) is 41.8 Å². The van der Waals surface area contributed by atoms with Crippen molar-refractivity contribution < 1.29 is 14.3 Å². The van der Waals surface area contributed by atoms with Crippen LogP contribution in [0.3, 0.4) is 0 Å². The molecule has 0 bridgehead atoms. The van der Waals surface area contributed by atoms with E-state index in [4.69, 9.17) is 10.5 Å². The molecule has 2 N–H and O–H groups in total. The predicted octanol–water partition coefficient (Wildman–Crippen LogP) is 2.97. The van der Waals surface area contributed by atoms with Crippen LogP contribution in [0, 0.1) is 5.92 Å². The van der Waals surface area contributed by atoms with Gasteiger partial charge in [-0.2, -0.15) is 0 Å². The van der Waals surface area contributed by atoms with Crippen LogP contribution in [0.25, 0.3) is 0 Å². The first-order valence-corrected chi connectivity index (χ1v) is 8.80. The Bertz CT molecular complexity index is 588. The number of amides is 2. The van der Waals surface area contributed by atoms with Crippen LogP contribution in [0.15, 0.2) is 30.3 Å². The molecule has 6 heteroatoms. The average molecular weight is 347 g/mol. The van der Waals surface area contributed by atoms with E-state index in [1.165, 1.54) is 0 Å². The summed E-state index contributed by atoms with van der Waals surface area (Å²) in [6, 6.07) is 9.47. The molecule has 1 aliphatic rings. The van der Waals surface area contributed by atoms with Gasteiger partial charge in [0.05, 0.1) is 6.17 Å². The lowest BCUT2D eigenvalue weighted by atomic mass is 9.95. The number of hydrogen-bond acceptors (Lipinski definition) is 4. The molecule has 1 aliphatic heterocycles. The van der Waals surface area contributed by atoms with Gasteiger partial charge in [-0.25, -0.2) is 4.79 Å². The Morgan fingerprint density at radius 1 is 1.20 bits per heavy atom. The van der Waals surface area contributed by atoms with Crippen LogP contribution >= 0.6 is 0 Å². The maximum atomic E-state index is 13.0. The minimum Gasteiger partial charge on any atom is -0.444 e. The van der Waals surface area contributed by atoms with Crippen LogP contribution < -0.4 is 10.6 Å². The molecule has 1 aromatic carbocycles. The topological polar surface area (TPSA) is 75.9 Å². The summed E-state index contributed by atoms with van der Waals surface area (Å²) in [5, 5.41) is 0. The quantitative estimate of drug-likeness (QED) is 0.853. The van der Waals surface area contributed by atoms with Gasteiger partial charge in [0.15, 0.2) is 0 Å². The SMILES string of the molecule is CC(N)N(C(=O)C1CCN(C(=O)OC(C)(C)C)CC1)c1ccccc1. The van der Waals surface area contributed by atoms with Crippen molar-refractivity contribution in [2.75, 3.05) is 18.0 Å². The second-order valence-corrected chi connectivity index (χ2v) is 7.53. The molecule has 0 aliphatic carbocycles. The first kappa shape index (κ1) is 19.2. The normalized spacial score (nSPS) is 17.1. The Kier molecular flexibility index (Phi) is 6.06. The number of carbonyl (C=O) groups is 2. The monoisotopic (exact) mass is 347 g/mol. The molecule has 0 aromatic heterocycles. The summed E-state index contributed by atoms with van der Waals surface area (Å²) in [6.07, 6.45) is 0.520. The number of piperidine rings is 1. The first-order chi connectivity index (χ1) is 11.7. The summed E-state index contributed by atoms with van der Waals surface area (Å²) >= 11 is 0. The van der Waals surface area contributed by atoms with Crippen LogP contribution in [0.5, 0.6) is 0 Å². The highest BCUT2D eigenvalue weighted by atomic mass is 16.6. The number of nitrogens with two attached hydrogens (primary N) is 1. The predicted molar refractivity (Wildman–Crippen MR) is 98.1 cm³/mol. The van der Waals surface area contributed by atoms with Gasteiger partial charge in [-0.1, -0.05) is 18.2 Å². The second-order valence-electron chi connectivity index (χ2n) is 7.53. The molecule has 138 valence electrons. The molecule has 2 amide bonds. The molecule has 1 atom stereocenters. The van der Waals surface area contributed by atoms with Crippen LogP contribution in [0.4, 0.5) is 10.5 Å². The molecule has 2 rings (SSSR count). The molecule has 1 aromatic rings. The zero-order chi connectivity index (χ0) is 18.6. The number of carbonyl (C=O) groups excluding carboxylic acids is 2. The second kappa shape index (κ2) is 7.87. The number of nitrogens with zero attached hydrogens (tertiary/aromatic N) is 2. The molecule has 1 saturated heterocycles. The highest BCUT2D eigenvalue weighted by Crippen LogP contribution is 2.25. The largest absolute Gasteiger partial charge is 0.444 e. The van der Waals surface area contributed by atoms with Crippen molar-refractivity contribution >= 4 is 17.7 Å². The average Bonchev–Trinajstić information content (AvgIpc) is 2.54. The molecule has 1 heterocycles. The zero-order valence-corrected chi connectivity index (χ0v) is 15.6. The van der Waals surface area contributed by atoms with E-state index in [0.717, 1.165) is 5.69 Å². The summed E-state index contributed by atoms with van der Waals surface area (Å²) in [7, 11) is 0. The van der Waals surface area contributed by atoms with E-state index in [1.807, 2.05) is 51.1 Å². The highest BCUT2D eigenvalue weighted by molar-refractivity contribution is 5.95. The lowest BCUT2D eigenvalue weighted by molar-refractivity contribution is -0.124. The fourth-order valence-corrected chi connectivity index (χ4v) is 2.98.